The molecule has 14 heavy (non-hydrogen) atoms. The third-order valence-corrected chi connectivity index (χ3v) is 2.65. The minimum Gasteiger partial charge on any atom is -0.375 e. The third-order valence-electron chi connectivity index (χ3n) is 2.65. The van der Waals surface area contributed by atoms with E-state index in [4.69, 9.17) is 10.5 Å². The Hall–Kier alpha value is -0.860. The first-order valence-electron chi connectivity index (χ1n) is 5.23. The summed E-state index contributed by atoms with van der Waals surface area (Å²) in [4.78, 5) is 0. The molecule has 1 fully saturated rings. The zero-order valence-corrected chi connectivity index (χ0v) is 8.36. The Morgan fingerprint density at radius 1 is 1.29 bits per heavy atom. The molecule has 76 valence electrons. The molecule has 1 aromatic rings. The number of benzene rings is 1. The van der Waals surface area contributed by atoms with Crippen LogP contribution in [0.3, 0.4) is 0 Å². The van der Waals surface area contributed by atoms with E-state index in [0.717, 1.165) is 5.92 Å². The van der Waals surface area contributed by atoms with Gasteiger partial charge >= 0.3 is 0 Å². The van der Waals surface area contributed by atoms with E-state index in [-0.39, 0.29) is 6.04 Å². The highest BCUT2D eigenvalue weighted by molar-refractivity contribution is 5.13. The van der Waals surface area contributed by atoms with E-state index < -0.39 is 0 Å². The van der Waals surface area contributed by atoms with Crippen molar-refractivity contribution >= 4 is 0 Å². The number of rotatable bonds is 5. The average Bonchev–Trinajstić information content (AvgIpc) is 3.02. The number of hydrogen-bond donors (Lipinski definition) is 1. The molecule has 1 saturated carbocycles. The van der Waals surface area contributed by atoms with Gasteiger partial charge < -0.3 is 10.5 Å². The van der Waals surface area contributed by atoms with Gasteiger partial charge in [-0.25, -0.2) is 0 Å². The Morgan fingerprint density at radius 2 is 2.00 bits per heavy atom. The van der Waals surface area contributed by atoms with Crippen LogP contribution in [0.1, 0.15) is 18.4 Å². The molecular weight excluding hydrogens is 174 g/mol. The molecular formula is C12H17NO. The largest absolute Gasteiger partial charge is 0.375 e. The highest BCUT2D eigenvalue weighted by Crippen LogP contribution is 2.31. The second kappa shape index (κ2) is 4.58. The molecule has 0 bridgehead atoms. The maximum atomic E-state index is 5.92. The fourth-order valence-electron chi connectivity index (χ4n) is 1.55. The fourth-order valence-corrected chi connectivity index (χ4v) is 1.55. The molecule has 2 N–H and O–H groups in total. The summed E-state index contributed by atoms with van der Waals surface area (Å²) in [6.07, 6.45) is 2.58. The molecule has 0 aromatic heterocycles. The van der Waals surface area contributed by atoms with Gasteiger partial charge in [-0.05, 0) is 24.3 Å². The first kappa shape index (κ1) is 9.69. The average molecular weight is 191 g/mol. The lowest BCUT2D eigenvalue weighted by molar-refractivity contribution is 0.103. The lowest BCUT2D eigenvalue weighted by Crippen LogP contribution is -2.28. The first-order valence-corrected chi connectivity index (χ1v) is 5.23. The van der Waals surface area contributed by atoms with Crippen LogP contribution >= 0.6 is 0 Å². The molecule has 0 amide bonds. The second-order valence-electron chi connectivity index (χ2n) is 4.00. The smallest absolute Gasteiger partial charge is 0.0717 e. The van der Waals surface area contributed by atoms with E-state index in [0.29, 0.717) is 13.2 Å². The highest BCUT2D eigenvalue weighted by Gasteiger charge is 2.28. The Balaban J connectivity index is 1.67. The van der Waals surface area contributed by atoms with Crippen LogP contribution in [0.25, 0.3) is 0 Å². The molecule has 0 spiro atoms. The molecule has 0 saturated heterocycles. The Labute approximate surface area is 85.1 Å². The van der Waals surface area contributed by atoms with Gasteiger partial charge in [-0.15, -0.1) is 0 Å². The van der Waals surface area contributed by atoms with Crippen LogP contribution in [0, 0.1) is 5.92 Å². The number of ether oxygens (including phenoxy) is 1. The van der Waals surface area contributed by atoms with E-state index in [9.17, 15) is 0 Å². The van der Waals surface area contributed by atoms with Gasteiger partial charge in [0.25, 0.3) is 0 Å². The van der Waals surface area contributed by atoms with Crippen molar-refractivity contribution in [2.24, 2.45) is 11.7 Å². The van der Waals surface area contributed by atoms with Crippen molar-refractivity contribution in [3.05, 3.63) is 35.9 Å². The molecule has 0 heterocycles. The third kappa shape index (κ3) is 2.82. The van der Waals surface area contributed by atoms with Gasteiger partial charge in [0.1, 0.15) is 0 Å². The van der Waals surface area contributed by atoms with E-state index in [2.05, 4.69) is 12.1 Å². The maximum Gasteiger partial charge on any atom is 0.0717 e. The lowest BCUT2D eigenvalue weighted by Gasteiger charge is -2.10. The van der Waals surface area contributed by atoms with Crippen molar-refractivity contribution in [3.63, 3.8) is 0 Å². The molecule has 0 radical (unpaired) electrons. The highest BCUT2D eigenvalue weighted by atomic mass is 16.5. The standard InChI is InChI=1S/C12H17NO/c13-12(11-6-7-11)9-14-8-10-4-2-1-3-5-10/h1-5,11-12H,6-9,13H2. The van der Waals surface area contributed by atoms with Gasteiger partial charge in [0.2, 0.25) is 0 Å². The minimum absolute atomic E-state index is 0.249. The van der Waals surface area contributed by atoms with Crippen LogP contribution in [0.2, 0.25) is 0 Å². The Kier molecular flexibility index (Phi) is 3.17. The number of hydrogen-bond acceptors (Lipinski definition) is 2. The van der Waals surface area contributed by atoms with Gasteiger partial charge in [0.05, 0.1) is 13.2 Å². The fraction of sp³-hybridized carbons (Fsp3) is 0.500. The van der Waals surface area contributed by atoms with Crippen LogP contribution in [0.4, 0.5) is 0 Å². The monoisotopic (exact) mass is 191 g/mol. The number of nitrogens with two attached hydrogens (primary N) is 1. The van der Waals surface area contributed by atoms with Crippen LogP contribution in [0.5, 0.6) is 0 Å². The molecule has 1 aliphatic carbocycles. The van der Waals surface area contributed by atoms with Crippen LogP contribution in [-0.2, 0) is 11.3 Å². The molecule has 1 aromatic carbocycles. The van der Waals surface area contributed by atoms with Crippen molar-refractivity contribution in [1.82, 2.24) is 0 Å². The summed E-state index contributed by atoms with van der Waals surface area (Å²) in [6, 6.07) is 10.5. The van der Waals surface area contributed by atoms with E-state index in [1.807, 2.05) is 18.2 Å². The predicted octanol–water partition coefficient (Wildman–Crippen LogP) is 1.94. The van der Waals surface area contributed by atoms with Crippen molar-refractivity contribution < 1.29 is 4.74 Å². The molecule has 0 aliphatic heterocycles. The van der Waals surface area contributed by atoms with Gasteiger partial charge in [-0.2, -0.15) is 0 Å². The Morgan fingerprint density at radius 3 is 2.64 bits per heavy atom. The normalized spacial score (nSPS) is 18.1. The summed E-state index contributed by atoms with van der Waals surface area (Å²) in [5, 5.41) is 0. The van der Waals surface area contributed by atoms with Crippen molar-refractivity contribution in [1.29, 1.82) is 0 Å². The SMILES string of the molecule is NC(COCc1ccccc1)C1CC1. The molecule has 1 unspecified atom stereocenters. The van der Waals surface area contributed by atoms with Crippen molar-refractivity contribution in [2.45, 2.75) is 25.5 Å². The van der Waals surface area contributed by atoms with Gasteiger partial charge in [-0.3, -0.25) is 0 Å². The molecule has 2 heteroatoms. The Bertz CT molecular complexity index is 269. The molecule has 1 atom stereocenters. The van der Waals surface area contributed by atoms with Crippen molar-refractivity contribution in [3.8, 4) is 0 Å². The van der Waals surface area contributed by atoms with Crippen LogP contribution < -0.4 is 5.73 Å². The van der Waals surface area contributed by atoms with Crippen molar-refractivity contribution in [2.75, 3.05) is 6.61 Å². The summed E-state index contributed by atoms with van der Waals surface area (Å²) in [5.41, 5.74) is 7.14. The predicted molar refractivity (Wildman–Crippen MR) is 56.8 cm³/mol. The maximum absolute atomic E-state index is 5.92. The summed E-state index contributed by atoms with van der Waals surface area (Å²) in [7, 11) is 0. The summed E-state index contributed by atoms with van der Waals surface area (Å²) >= 11 is 0. The van der Waals surface area contributed by atoms with E-state index >= 15 is 0 Å². The van der Waals surface area contributed by atoms with E-state index in [1.165, 1.54) is 18.4 Å². The summed E-state index contributed by atoms with van der Waals surface area (Å²) < 4.78 is 5.56. The van der Waals surface area contributed by atoms with Gasteiger partial charge in [-0.1, -0.05) is 30.3 Å². The van der Waals surface area contributed by atoms with Gasteiger partial charge in [0.15, 0.2) is 0 Å². The first-order chi connectivity index (χ1) is 6.86. The van der Waals surface area contributed by atoms with Crippen LogP contribution in [-0.4, -0.2) is 12.6 Å². The molecule has 2 nitrogen and oxygen atoms in total. The van der Waals surface area contributed by atoms with E-state index in [1.54, 1.807) is 0 Å². The molecule has 2 rings (SSSR count). The summed E-state index contributed by atoms with van der Waals surface area (Å²) in [6.45, 7) is 1.38. The second-order valence-corrected chi connectivity index (χ2v) is 4.00. The zero-order chi connectivity index (χ0) is 9.80. The molecule has 1 aliphatic rings. The topological polar surface area (TPSA) is 35.2 Å². The van der Waals surface area contributed by atoms with Crippen LogP contribution in [0.15, 0.2) is 30.3 Å². The minimum atomic E-state index is 0.249. The quantitative estimate of drug-likeness (QED) is 0.772. The zero-order valence-electron chi connectivity index (χ0n) is 8.36. The van der Waals surface area contributed by atoms with Gasteiger partial charge in [0, 0.05) is 6.04 Å². The lowest BCUT2D eigenvalue weighted by atomic mass is 10.2. The summed E-state index contributed by atoms with van der Waals surface area (Å²) in [5.74, 6) is 0.728.